The van der Waals surface area contributed by atoms with Gasteiger partial charge in [-0.2, -0.15) is 0 Å². The summed E-state index contributed by atoms with van der Waals surface area (Å²) in [4.78, 5) is 0.348. The molecule has 1 atom stereocenters. The Labute approximate surface area is 118 Å². The van der Waals surface area contributed by atoms with E-state index in [9.17, 15) is 0 Å². The number of rotatable bonds is 0. The molecule has 2 aliphatic rings. The van der Waals surface area contributed by atoms with Gasteiger partial charge in [-0.1, -0.05) is 45.7 Å². The zero-order chi connectivity index (χ0) is 12.2. The maximum Gasteiger partial charge on any atom is 0.166 e. The average molecular weight is 362 g/mol. The maximum absolute atomic E-state index is 5.81. The second kappa shape index (κ2) is 3.89. The van der Waals surface area contributed by atoms with Gasteiger partial charge in [-0.15, -0.1) is 0 Å². The van der Waals surface area contributed by atoms with Gasteiger partial charge >= 0.3 is 0 Å². The zero-order valence-corrected chi connectivity index (χ0v) is 13.0. The number of ether oxygens (including phenoxy) is 2. The van der Waals surface area contributed by atoms with Gasteiger partial charge in [0.1, 0.15) is 13.2 Å². The number of alkyl halides is 1. The van der Waals surface area contributed by atoms with Gasteiger partial charge in [-0.25, -0.2) is 0 Å². The van der Waals surface area contributed by atoms with E-state index in [4.69, 9.17) is 9.47 Å². The summed E-state index contributed by atoms with van der Waals surface area (Å²) in [5, 5.41) is 0. The van der Waals surface area contributed by atoms with Crippen molar-refractivity contribution in [1.82, 2.24) is 0 Å². The first-order valence-corrected chi connectivity index (χ1v) is 7.48. The highest BCUT2D eigenvalue weighted by Gasteiger charge is 2.41. The molecule has 0 saturated heterocycles. The molecule has 3 rings (SSSR count). The van der Waals surface area contributed by atoms with Crippen LogP contribution in [0.15, 0.2) is 10.5 Å². The first-order valence-electron chi connectivity index (χ1n) is 5.77. The highest BCUT2D eigenvalue weighted by molar-refractivity contribution is 9.10. The molecular weight excluding hydrogens is 348 g/mol. The summed E-state index contributed by atoms with van der Waals surface area (Å²) >= 11 is 7.44. The third kappa shape index (κ3) is 1.72. The number of halogens is 2. The van der Waals surface area contributed by atoms with E-state index >= 15 is 0 Å². The van der Waals surface area contributed by atoms with Crippen molar-refractivity contribution in [2.24, 2.45) is 0 Å². The number of fused-ring (bicyclic) bond motifs is 3. The lowest BCUT2D eigenvalue weighted by molar-refractivity contribution is 0.170. The van der Waals surface area contributed by atoms with Crippen LogP contribution >= 0.6 is 31.9 Å². The number of hydrogen-bond donors (Lipinski definition) is 0. The molecule has 1 aromatic rings. The lowest BCUT2D eigenvalue weighted by Crippen LogP contribution is -2.18. The first kappa shape index (κ1) is 11.8. The Balaban J connectivity index is 2.28. The fourth-order valence-electron chi connectivity index (χ4n) is 2.82. The lowest BCUT2D eigenvalue weighted by atomic mass is 9.86. The first-order chi connectivity index (χ1) is 8.00. The van der Waals surface area contributed by atoms with Crippen molar-refractivity contribution >= 4 is 31.9 Å². The van der Waals surface area contributed by atoms with Gasteiger partial charge in [-0.3, -0.25) is 0 Å². The quantitative estimate of drug-likeness (QED) is 0.640. The maximum atomic E-state index is 5.81. The summed E-state index contributed by atoms with van der Waals surface area (Å²) in [5.41, 5.74) is 2.78. The molecule has 0 aromatic heterocycles. The van der Waals surface area contributed by atoms with Gasteiger partial charge in [0.2, 0.25) is 0 Å². The molecule has 0 N–H and O–H groups in total. The van der Waals surface area contributed by atoms with Crippen LogP contribution in [0, 0.1) is 0 Å². The van der Waals surface area contributed by atoms with Crippen molar-refractivity contribution < 1.29 is 9.47 Å². The molecule has 1 unspecified atom stereocenters. The highest BCUT2D eigenvalue weighted by Crippen LogP contribution is 2.57. The highest BCUT2D eigenvalue weighted by atomic mass is 79.9. The van der Waals surface area contributed by atoms with Gasteiger partial charge in [0.15, 0.2) is 11.5 Å². The third-order valence-electron chi connectivity index (χ3n) is 3.50. The Morgan fingerprint density at radius 3 is 2.76 bits per heavy atom. The monoisotopic (exact) mass is 360 g/mol. The van der Waals surface area contributed by atoms with Gasteiger partial charge in [0.05, 0.1) is 0 Å². The summed E-state index contributed by atoms with van der Waals surface area (Å²) < 4.78 is 12.6. The van der Waals surface area contributed by atoms with Crippen molar-refractivity contribution in [3.05, 3.63) is 21.7 Å². The Bertz CT molecular complexity index is 483. The van der Waals surface area contributed by atoms with Crippen LogP contribution in [0.25, 0.3) is 0 Å². The fourth-order valence-corrected chi connectivity index (χ4v) is 5.02. The van der Waals surface area contributed by atoms with Crippen LogP contribution in [-0.2, 0) is 5.41 Å². The molecule has 1 aromatic carbocycles. The normalized spacial score (nSPS) is 24.6. The standard InChI is InChI=1S/C13H14Br2O2/c1-13(2)6-8(15)10-11(13)7(14)5-9-12(10)17-4-3-16-9/h5,8H,3-4,6H2,1-2H3. The molecule has 0 fully saturated rings. The summed E-state index contributed by atoms with van der Waals surface area (Å²) in [6.07, 6.45) is 1.08. The summed E-state index contributed by atoms with van der Waals surface area (Å²) in [5.74, 6) is 1.80. The molecule has 0 bridgehead atoms. The molecule has 1 heterocycles. The van der Waals surface area contributed by atoms with E-state index in [0.717, 1.165) is 22.4 Å². The van der Waals surface area contributed by atoms with Crippen LogP contribution in [0.1, 0.15) is 36.2 Å². The van der Waals surface area contributed by atoms with Gasteiger partial charge in [0.25, 0.3) is 0 Å². The minimum absolute atomic E-state index is 0.165. The van der Waals surface area contributed by atoms with Crippen molar-refractivity contribution in [3.63, 3.8) is 0 Å². The molecule has 4 heteroatoms. The van der Waals surface area contributed by atoms with E-state index in [1.807, 2.05) is 6.07 Å². The summed E-state index contributed by atoms with van der Waals surface area (Å²) in [7, 11) is 0. The van der Waals surface area contributed by atoms with Crippen molar-refractivity contribution in [3.8, 4) is 11.5 Å². The molecule has 0 spiro atoms. The van der Waals surface area contributed by atoms with E-state index in [1.54, 1.807) is 0 Å². The number of benzene rings is 1. The molecule has 1 aliphatic heterocycles. The Kier molecular flexibility index (Phi) is 2.71. The van der Waals surface area contributed by atoms with Crippen LogP contribution in [-0.4, -0.2) is 13.2 Å². The predicted molar refractivity (Wildman–Crippen MR) is 74.4 cm³/mol. The Morgan fingerprint density at radius 2 is 2.00 bits per heavy atom. The van der Waals surface area contributed by atoms with E-state index < -0.39 is 0 Å². The van der Waals surface area contributed by atoms with E-state index in [2.05, 4.69) is 45.7 Å². The minimum Gasteiger partial charge on any atom is -0.486 e. The zero-order valence-electron chi connectivity index (χ0n) is 9.85. The molecule has 92 valence electrons. The second-order valence-corrected chi connectivity index (χ2v) is 7.19. The lowest BCUT2D eigenvalue weighted by Gasteiger charge is -2.25. The third-order valence-corrected chi connectivity index (χ3v) is 4.91. The molecule has 0 radical (unpaired) electrons. The minimum atomic E-state index is 0.165. The van der Waals surface area contributed by atoms with Crippen LogP contribution in [0.5, 0.6) is 11.5 Å². The van der Waals surface area contributed by atoms with E-state index in [-0.39, 0.29) is 5.41 Å². The van der Waals surface area contributed by atoms with Crippen molar-refractivity contribution in [2.75, 3.05) is 13.2 Å². The number of hydrogen-bond acceptors (Lipinski definition) is 2. The fraction of sp³-hybridized carbons (Fsp3) is 0.538. The van der Waals surface area contributed by atoms with Crippen LogP contribution in [0.2, 0.25) is 0 Å². The Hall–Kier alpha value is -0.220. The summed E-state index contributed by atoms with van der Waals surface area (Å²) in [6, 6.07) is 2.04. The van der Waals surface area contributed by atoms with Crippen LogP contribution in [0.4, 0.5) is 0 Å². The van der Waals surface area contributed by atoms with Gasteiger partial charge in [-0.05, 0) is 23.5 Å². The molecule has 2 nitrogen and oxygen atoms in total. The predicted octanol–water partition coefficient (Wildman–Crippen LogP) is 4.34. The molecule has 17 heavy (non-hydrogen) atoms. The molecule has 0 amide bonds. The van der Waals surface area contributed by atoms with E-state index in [1.165, 1.54) is 11.1 Å². The van der Waals surface area contributed by atoms with Gasteiger partial charge in [0, 0.05) is 14.9 Å². The smallest absolute Gasteiger partial charge is 0.166 e. The Morgan fingerprint density at radius 1 is 1.29 bits per heavy atom. The summed E-state index contributed by atoms with van der Waals surface area (Å²) in [6.45, 7) is 5.82. The molecule has 0 saturated carbocycles. The largest absolute Gasteiger partial charge is 0.486 e. The van der Waals surface area contributed by atoms with Gasteiger partial charge < -0.3 is 9.47 Å². The second-order valence-electron chi connectivity index (χ2n) is 5.23. The molecule has 1 aliphatic carbocycles. The van der Waals surface area contributed by atoms with Crippen molar-refractivity contribution in [2.45, 2.75) is 30.5 Å². The SMILES string of the molecule is CC1(C)CC(Br)c2c3c(cc(Br)c21)OCCO3. The van der Waals surface area contributed by atoms with Crippen LogP contribution in [0.3, 0.4) is 0 Å². The molecular formula is C13H14Br2O2. The van der Waals surface area contributed by atoms with E-state index in [0.29, 0.717) is 18.0 Å². The average Bonchev–Trinajstić information content (AvgIpc) is 2.50. The van der Waals surface area contributed by atoms with Crippen LogP contribution < -0.4 is 9.47 Å². The topological polar surface area (TPSA) is 18.5 Å². The van der Waals surface area contributed by atoms with Crippen molar-refractivity contribution in [1.29, 1.82) is 0 Å².